The highest BCUT2D eigenvalue weighted by Gasteiger charge is 2.16. The topological polar surface area (TPSA) is 52.6 Å². The molecule has 1 unspecified atom stereocenters. The number of nitrogens with one attached hydrogen (secondary N) is 1. The fourth-order valence-electron chi connectivity index (χ4n) is 2.69. The SMILES string of the molecule is CCCN(CCO)C(=O)NC(C)c1cccc2ccccc12. The smallest absolute Gasteiger partial charge is 0.317 e. The number of rotatable bonds is 6. The molecule has 0 radical (unpaired) electrons. The Morgan fingerprint density at radius 2 is 1.91 bits per heavy atom. The first-order valence-corrected chi connectivity index (χ1v) is 7.81. The van der Waals surface area contributed by atoms with E-state index in [2.05, 4.69) is 23.5 Å². The number of hydrogen-bond donors (Lipinski definition) is 2. The number of urea groups is 1. The van der Waals surface area contributed by atoms with Crippen molar-refractivity contribution in [2.45, 2.75) is 26.3 Å². The Morgan fingerprint density at radius 3 is 2.64 bits per heavy atom. The fourth-order valence-corrected chi connectivity index (χ4v) is 2.69. The van der Waals surface area contributed by atoms with Crippen molar-refractivity contribution < 1.29 is 9.90 Å². The largest absolute Gasteiger partial charge is 0.395 e. The Labute approximate surface area is 131 Å². The van der Waals surface area contributed by atoms with Gasteiger partial charge >= 0.3 is 6.03 Å². The summed E-state index contributed by atoms with van der Waals surface area (Å²) >= 11 is 0. The van der Waals surface area contributed by atoms with E-state index in [0.29, 0.717) is 13.1 Å². The Balaban J connectivity index is 2.16. The molecule has 2 aromatic rings. The van der Waals surface area contributed by atoms with Gasteiger partial charge < -0.3 is 15.3 Å². The van der Waals surface area contributed by atoms with Crippen LogP contribution in [0, 0.1) is 0 Å². The quantitative estimate of drug-likeness (QED) is 0.860. The third-order valence-corrected chi connectivity index (χ3v) is 3.78. The predicted molar refractivity (Wildman–Crippen MR) is 89.8 cm³/mol. The van der Waals surface area contributed by atoms with Gasteiger partial charge in [-0.3, -0.25) is 0 Å². The fraction of sp³-hybridized carbons (Fsp3) is 0.389. The third kappa shape index (κ3) is 3.77. The first-order valence-electron chi connectivity index (χ1n) is 7.81. The van der Waals surface area contributed by atoms with Gasteiger partial charge in [0.2, 0.25) is 0 Å². The summed E-state index contributed by atoms with van der Waals surface area (Å²) in [6.07, 6.45) is 0.871. The molecule has 2 N–H and O–H groups in total. The Morgan fingerprint density at radius 1 is 1.18 bits per heavy atom. The highest BCUT2D eigenvalue weighted by atomic mass is 16.3. The van der Waals surface area contributed by atoms with Gasteiger partial charge in [-0.2, -0.15) is 0 Å². The maximum Gasteiger partial charge on any atom is 0.317 e. The molecule has 0 aliphatic heterocycles. The van der Waals surface area contributed by atoms with Gasteiger partial charge in [0.05, 0.1) is 12.6 Å². The second-order valence-corrected chi connectivity index (χ2v) is 5.45. The van der Waals surface area contributed by atoms with Crippen LogP contribution in [-0.4, -0.2) is 35.7 Å². The van der Waals surface area contributed by atoms with Gasteiger partial charge in [0.1, 0.15) is 0 Å². The van der Waals surface area contributed by atoms with E-state index in [4.69, 9.17) is 5.11 Å². The zero-order valence-corrected chi connectivity index (χ0v) is 13.2. The molecule has 0 saturated heterocycles. The maximum atomic E-state index is 12.3. The molecule has 2 amide bonds. The highest BCUT2D eigenvalue weighted by molar-refractivity contribution is 5.86. The van der Waals surface area contributed by atoms with E-state index in [1.165, 1.54) is 5.39 Å². The number of fused-ring (bicyclic) bond motifs is 1. The molecule has 4 heteroatoms. The highest BCUT2D eigenvalue weighted by Crippen LogP contribution is 2.24. The van der Waals surface area contributed by atoms with Crippen molar-refractivity contribution >= 4 is 16.8 Å². The van der Waals surface area contributed by atoms with Crippen LogP contribution >= 0.6 is 0 Å². The summed E-state index contributed by atoms with van der Waals surface area (Å²) in [5.74, 6) is 0. The van der Waals surface area contributed by atoms with Gasteiger partial charge in [0, 0.05) is 13.1 Å². The number of aliphatic hydroxyl groups excluding tert-OH is 1. The maximum absolute atomic E-state index is 12.3. The van der Waals surface area contributed by atoms with Gasteiger partial charge in [-0.1, -0.05) is 49.4 Å². The lowest BCUT2D eigenvalue weighted by molar-refractivity contribution is 0.174. The monoisotopic (exact) mass is 300 g/mol. The average molecular weight is 300 g/mol. The molecule has 118 valence electrons. The van der Waals surface area contributed by atoms with Crippen LogP contribution in [0.25, 0.3) is 10.8 Å². The van der Waals surface area contributed by atoms with Crippen LogP contribution in [0.1, 0.15) is 31.9 Å². The number of aliphatic hydroxyl groups is 1. The number of carbonyl (C=O) groups excluding carboxylic acids is 1. The standard InChI is InChI=1S/C18H24N2O2/c1-3-11-20(12-13-21)18(22)19-14(2)16-10-6-8-15-7-4-5-9-17(15)16/h4-10,14,21H,3,11-13H2,1-2H3,(H,19,22). The molecule has 0 aliphatic rings. The molecule has 0 spiro atoms. The Bertz CT molecular complexity index is 616. The summed E-state index contributed by atoms with van der Waals surface area (Å²) < 4.78 is 0. The first-order chi connectivity index (χ1) is 10.7. The van der Waals surface area contributed by atoms with Crippen LogP contribution in [0.2, 0.25) is 0 Å². The van der Waals surface area contributed by atoms with Crippen LogP contribution in [0.15, 0.2) is 42.5 Å². The molecule has 1 atom stereocenters. The van der Waals surface area contributed by atoms with Crippen LogP contribution in [0.3, 0.4) is 0 Å². The number of nitrogens with zero attached hydrogens (tertiary/aromatic N) is 1. The molecule has 2 aromatic carbocycles. The van der Waals surface area contributed by atoms with E-state index < -0.39 is 0 Å². The normalized spacial score (nSPS) is 12.1. The second kappa shape index (κ2) is 7.80. The van der Waals surface area contributed by atoms with E-state index in [1.54, 1.807) is 4.90 Å². The predicted octanol–water partition coefficient (Wildman–Crippen LogP) is 3.31. The third-order valence-electron chi connectivity index (χ3n) is 3.78. The molecule has 0 heterocycles. The molecular weight excluding hydrogens is 276 g/mol. The Kier molecular flexibility index (Phi) is 5.78. The average Bonchev–Trinajstić information content (AvgIpc) is 2.54. The van der Waals surface area contributed by atoms with E-state index in [-0.39, 0.29) is 18.7 Å². The second-order valence-electron chi connectivity index (χ2n) is 5.45. The van der Waals surface area contributed by atoms with Crippen LogP contribution < -0.4 is 5.32 Å². The lowest BCUT2D eigenvalue weighted by atomic mass is 10.00. The molecule has 22 heavy (non-hydrogen) atoms. The lowest BCUT2D eigenvalue weighted by Gasteiger charge is -2.25. The zero-order chi connectivity index (χ0) is 15.9. The summed E-state index contributed by atoms with van der Waals surface area (Å²) in [4.78, 5) is 14.0. The number of carbonyl (C=O) groups is 1. The summed E-state index contributed by atoms with van der Waals surface area (Å²) in [6.45, 7) is 5.00. The lowest BCUT2D eigenvalue weighted by Crippen LogP contribution is -2.42. The minimum atomic E-state index is -0.128. The van der Waals surface area contributed by atoms with Gasteiger partial charge in [-0.25, -0.2) is 4.79 Å². The number of amides is 2. The van der Waals surface area contributed by atoms with E-state index in [1.807, 2.05) is 38.1 Å². The molecule has 0 bridgehead atoms. The molecule has 0 aromatic heterocycles. The van der Waals surface area contributed by atoms with Crippen LogP contribution in [-0.2, 0) is 0 Å². The molecule has 0 aliphatic carbocycles. The Hall–Kier alpha value is -2.07. The van der Waals surface area contributed by atoms with Crippen molar-refractivity contribution in [1.29, 1.82) is 0 Å². The summed E-state index contributed by atoms with van der Waals surface area (Å²) in [6, 6.07) is 14.1. The number of benzene rings is 2. The zero-order valence-electron chi connectivity index (χ0n) is 13.2. The summed E-state index contributed by atoms with van der Waals surface area (Å²) in [7, 11) is 0. The molecule has 2 rings (SSSR count). The minimum Gasteiger partial charge on any atom is -0.395 e. The van der Waals surface area contributed by atoms with Crippen molar-refractivity contribution in [3.05, 3.63) is 48.0 Å². The molecule has 0 saturated carbocycles. The van der Waals surface area contributed by atoms with Gasteiger partial charge in [-0.15, -0.1) is 0 Å². The van der Waals surface area contributed by atoms with Crippen LogP contribution in [0.5, 0.6) is 0 Å². The summed E-state index contributed by atoms with van der Waals surface area (Å²) in [5, 5.41) is 14.4. The van der Waals surface area contributed by atoms with E-state index in [9.17, 15) is 4.79 Å². The molecule has 0 fully saturated rings. The van der Waals surface area contributed by atoms with Crippen LogP contribution in [0.4, 0.5) is 4.79 Å². The van der Waals surface area contributed by atoms with Crippen molar-refractivity contribution in [2.75, 3.05) is 19.7 Å². The summed E-state index contributed by atoms with van der Waals surface area (Å²) in [5.41, 5.74) is 1.10. The van der Waals surface area contributed by atoms with Gasteiger partial charge in [0.15, 0.2) is 0 Å². The molecular formula is C18H24N2O2. The van der Waals surface area contributed by atoms with Gasteiger partial charge in [-0.05, 0) is 29.7 Å². The van der Waals surface area contributed by atoms with E-state index >= 15 is 0 Å². The number of hydrogen-bond acceptors (Lipinski definition) is 2. The van der Waals surface area contributed by atoms with Crippen molar-refractivity contribution in [3.8, 4) is 0 Å². The van der Waals surface area contributed by atoms with E-state index in [0.717, 1.165) is 17.4 Å². The minimum absolute atomic E-state index is 0.0178. The first kappa shape index (κ1) is 16.3. The van der Waals surface area contributed by atoms with Crippen molar-refractivity contribution in [2.24, 2.45) is 0 Å². The van der Waals surface area contributed by atoms with Gasteiger partial charge in [0.25, 0.3) is 0 Å². The van der Waals surface area contributed by atoms with Crippen molar-refractivity contribution in [3.63, 3.8) is 0 Å². The molecule has 4 nitrogen and oxygen atoms in total. The van der Waals surface area contributed by atoms with Crippen molar-refractivity contribution in [1.82, 2.24) is 10.2 Å².